The quantitative estimate of drug-likeness (QED) is 0.665. The lowest BCUT2D eigenvalue weighted by Gasteiger charge is -2.04. The molecule has 6 heteroatoms. The summed E-state index contributed by atoms with van der Waals surface area (Å²) in [7, 11) is 0. The van der Waals surface area contributed by atoms with Crippen molar-refractivity contribution in [3.8, 4) is 6.07 Å². The van der Waals surface area contributed by atoms with Crippen molar-refractivity contribution in [2.24, 2.45) is 0 Å². The highest BCUT2D eigenvalue weighted by atomic mass is 16.4. The zero-order valence-corrected chi connectivity index (χ0v) is 11.4. The maximum Gasteiger partial charge on any atom is 0.335 e. The van der Waals surface area contributed by atoms with Gasteiger partial charge in [0.1, 0.15) is 11.6 Å². The van der Waals surface area contributed by atoms with Crippen molar-refractivity contribution in [1.29, 1.82) is 5.26 Å². The molecule has 1 aromatic heterocycles. The Labute approximate surface area is 126 Å². The maximum absolute atomic E-state index is 12.0. The van der Waals surface area contributed by atoms with E-state index in [1.54, 1.807) is 24.5 Å². The Morgan fingerprint density at radius 3 is 2.32 bits per heavy atom. The highest BCUT2D eigenvalue weighted by Gasteiger charge is 2.10. The number of carbonyl (C=O) groups excluding carboxylic acids is 1. The number of hydrogen-bond acceptors (Lipinski definition) is 4. The molecule has 0 unspecified atom stereocenters. The molecule has 0 radical (unpaired) electrons. The second-order valence-electron chi connectivity index (χ2n) is 4.29. The summed E-state index contributed by atoms with van der Waals surface area (Å²) < 4.78 is 0. The predicted octanol–water partition coefficient (Wildman–Crippen LogP) is 2.33. The summed E-state index contributed by atoms with van der Waals surface area (Å²) in [5.74, 6) is -1.62. The van der Waals surface area contributed by atoms with E-state index in [1.165, 1.54) is 30.3 Å². The van der Waals surface area contributed by atoms with E-state index in [4.69, 9.17) is 10.4 Å². The summed E-state index contributed by atoms with van der Waals surface area (Å²) >= 11 is 0. The van der Waals surface area contributed by atoms with Crippen molar-refractivity contribution in [3.05, 3.63) is 65.5 Å². The third-order valence-corrected chi connectivity index (χ3v) is 2.77. The van der Waals surface area contributed by atoms with E-state index in [0.717, 1.165) is 0 Å². The van der Waals surface area contributed by atoms with Crippen LogP contribution in [-0.4, -0.2) is 22.0 Å². The fourth-order valence-corrected chi connectivity index (χ4v) is 1.67. The normalized spacial score (nSPS) is 10.6. The largest absolute Gasteiger partial charge is 0.478 e. The number of carbonyl (C=O) groups is 2. The molecule has 0 aliphatic carbocycles. The molecule has 0 bridgehead atoms. The number of benzene rings is 1. The number of carboxylic acids is 1. The van der Waals surface area contributed by atoms with Gasteiger partial charge >= 0.3 is 5.97 Å². The Bertz CT molecular complexity index is 759. The van der Waals surface area contributed by atoms with Gasteiger partial charge in [-0.1, -0.05) is 0 Å². The lowest BCUT2D eigenvalue weighted by atomic mass is 10.1. The van der Waals surface area contributed by atoms with Crippen LogP contribution in [0.15, 0.2) is 54.4 Å². The van der Waals surface area contributed by atoms with Gasteiger partial charge < -0.3 is 10.4 Å². The third kappa shape index (κ3) is 3.77. The molecule has 6 nitrogen and oxygen atoms in total. The smallest absolute Gasteiger partial charge is 0.335 e. The molecule has 1 amide bonds. The van der Waals surface area contributed by atoms with Gasteiger partial charge in [0.2, 0.25) is 0 Å². The Balaban J connectivity index is 2.15. The second kappa shape index (κ2) is 6.81. The Morgan fingerprint density at radius 2 is 1.77 bits per heavy atom. The molecule has 2 rings (SSSR count). The van der Waals surface area contributed by atoms with E-state index >= 15 is 0 Å². The maximum atomic E-state index is 12.0. The summed E-state index contributed by atoms with van der Waals surface area (Å²) in [5, 5.41) is 20.4. The average Bonchev–Trinajstić information content (AvgIpc) is 2.54. The van der Waals surface area contributed by atoms with E-state index in [-0.39, 0.29) is 11.1 Å². The predicted molar refractivity (Wildman–Crippen MR) is 79.9 cm³/mol. The number of pyridine rings is 1. The first-order valence-corrected chi connectivity index (χ1v) is 6.26. The number of hydrogen-bond donors (Lipinski definition) is 2. The van der Waals surface area contributed by atoms with Crippen LogP contribution in [0.1, 0.15) is 15.9 Å². The Hall–Kier alpha value is -3.46. The molecular formula is C16H11N3O3. The van der Waals surface area contributed by atoms with Crippen LogP contribution >= 0.6 is 0 Å². The first kappa shape index (κ1) is 14.9. The number of carboxylic acid groups (broad SMARTS) is 1. The summed E-state index contributed by atoms with van der Waals surface area (Å²) in [6.45, 7) is 0. The van der Waals surface area contributed by atoms with Gasteiger partial charge in [-0.05, 0) is 48.0 Å². The van der Waals surface area contributed by atoms with Gasteiger partial charge in [0.15, 0.2) is 0 Å². The molecule has 0 aliphatic heterocycles. The molecule has 108 valence electrons. The van der Waals surface area contributed by atoms with Crippen molar-refractivity contribution in [3.63, 3.8) is 0 Å². The van der Waals surface area contributed by atoms with Gasteiger partial charge in [0.05, 0.1) is 5.56 Å². The molecule has 2 N–H and O–H groups in total. The first-order valence-electron chi connectivity index (χ1n) is 6.26. The highest BCUT2D eigenvalue weighted by molar-refractivity contribution is 6.09. The number of aromatic carboxylic acids is 1. The van der Waals surface area contributed by atoms with Crippen LogP contribution in [0.4, 0.5) is 5.69 Å². The molecular weight excluding hydrogens is 282 g/mol. The lowest BCUT2D eigenvalue weighted by Crippen LogP contribution is -2.13. The fourth-order valence-electron chi connectivity index (χ4n) is 1.67. The number of rotatable bonds is 4. The molecule has 2 aromatic rings. The number of nitriles is 1. The second-order valence-corrected chi connectivity index (χ2v) is 4.29. The van der Waals surface area contributed by atoms with Crippen molar-refractivity contribution in [2.75, 3.05) is 5.32 Å². The van der Waals surface area contributed by atoms with Gasteiger partial charge in [-0.3, -0.25) is 9.78 Å². The minimum Gasteiger partial charge on any atom is -0.478 e. The summed E-state index contributed by atoms with van der Waals surface area (Å²) in [5.41, 5.74) is 1.15. The van der Waals surface area contributed by atoms with Crippen molar-refractivity contribution < 1.29 is 14.7 Å². The number of anilines is 1. The van der Waals surface area contributed by atoms with Crippen molar-refractivity contribution in [2.45, 2.75) is 0 Å². The van der Waals surface area contributed by atoms with Crippen LogP contribution in [-0.2, 0) is 4.79 Å². The zero-order valence-electron chi connectivity index (χ0n) is 11.4. The van der Waals surface area contributed by atoms with Crippen molar-refractivity contribution >= 4 is 23.6 Å². The van der Waals surface area contributed by atoms with Crippen LogP contribution in [0, 0.1) is 11.3 Å². The Kier molecular flexibility index (Phi) is 4.63. The summed E-state index contributed by atoms with van der Waals surface area (Å²) in [4.78, 5) is 26.6. The summed E-state index contributed by atoms with van der Waals surface area (Å²) in [6, 6.07) is 10.8. The van der Waals surface area contributed by atoms with Gasteiger partial charge in [0.25, 0.3) is 5.91 Å². The van der Waals surface area contributed by atoms with Gasteiger partial charge in [-0.15, -0.1) is 0 Å². The standard InChI is InChI=1S/C16H11N3O3/c17-10-13(9-11-5-7-18-8-6-11)15(20)19-14-3-1-12(2-4-14)16(21)22/h1-9H,(H,19,20)(H,21,22)/b13-9+. The average molecular weight is 293 g/mol. The van der Waals surface area contributed by atoms with Crippen LogP contribution in [0.5, 0.6) is 0 Å². The first-order chi connectivity index (χ1) is 10.6. The van der Waals surface area contributed by atoms with Gasteiger partial charge in [-0.25, -0.2) is 4.79 Å². The molecule has 0 saturated heterocycles. The van der Waals surface area contributed by atoms with Gasteiger partial charge in [0, 0.05) is 18.1 Å². The van der Waals surface area contributed by atoms with E-state index in [1.807, 2.05) is 6.07 Å². The summed E-state index contributed by atoms with van der Waals surface area (Å²) in [6.07, 6.45) is 4.56. The van der Waals surface area contributed by atoms with E-state index < -0.39 is 11.9 Å². The lowest BCUT2D eigenvalue weighted by molar-refractivity contribution is -0.112. The van der Waals surface area contributed by atoms with E-state index in [9.17, 15) is 9.59 Å². The monoisotopic (exact) mass is 293 g/mol. The SMILES string of the molecule is N#C/C(=C\c1ccncc1)C(=O)Nc1ccc(C(=O)O)cc1. The molecule has 1 aromatic carbocycles. The van der Waals surface area contributed by atoms with Crippen LogP contribution in [0.25, 0.3) is 6.08 Å². The number of nitrogens with zero attached hydrogens (tertiary/aromatic N) is 2. The molecule has 0 atom stereocenters. The topological polar surface area (TPSA) is 103 Å². The van der Waals surface area contributed by atoms with Crippen molar-refractivity contribution in [1.82, 2.24) is 4.98 Å². The third-order valence-electron chi connectivity index (χ3n) is 2.77. The molecule has 0 fully saturated rings. The number of amides is 1. The number of nitrogens with one attached hydrogen (secondary N) is 1. The molecule has 0 aliphatic rings. The van der Waals surface area contributed by atoms with E-state index in [0.29, 0.717) is 11.3 Å². The minimum absolute atomic E-state index is 0.0616. The Morgan fingerprint density at radius 1 is 1.14 bits per heavy atom. The molecule has 22 heavy (non-hydrogen) atoms. The van der Waals surface area contributed by atoms with Crippen LogP contribution in [0.2, 0.25) is 0 Å². The minimum atomic E-state index is -1.05. The zero-order chi connectivity index (χ0) is 15.9. The van der Waals surface area contributed by atoms with E-state index in [2.05, 4.69) is 10.3 Å². The van der Waals surface area contributed by atoms with Gasteiger partial charge in [-0.2, -0.15) is 5.26 Å². The fraction of sp³-hybridized carbons (Fsp3) is 0. The molecule has 1 heterocycles. The molecule has 0 saturated carbocycles. The van der Waals surface area contributed by atoms with Crippen LogP contribution in [0.3, 0.4) is 0 Å². The number of aromatic nitrogens is 1. The molecule has 0 spiro atoms. The van der Waals surface area contributed by atoms with Crippen LogP contribution < -0.4 is 5.32 Å². The highest BCUT2D eigenvalue weighted by Crippen LogP contribution is 2.12.